The summed E-state index contributed by atoms with van der Waals surface area (Å²) >= 11 is 0. The minimum atomic E-state index is -3.00. The zero-order valence-electron chi connectivity index (χ0n) is 19.2. The number of amides is 2. The highest BCUT2D eigenvalue weighted by Gasteiger charge is 2.35. The Morgan fingerprint density at radius 2 is 1.66 bits per heavy atom. The molecule has 2 N–H and O–H groups in total. The average Bonchev–Trinajstić information content (AvgIpc) is 3.16. The van der Waals surface area contributed by atoms with E-state index in [4.69, 9.17) is 4.74 Å². The molecular formula is C25H27F2N3O5. The second-order valence-electron chi connectivity index (χ2n) is 8.79. The maximum Gasteiger partial charge on any atom is 0.407 e. The molecule has 2 amide bonds. The van der Waals surface area contributed by atoms with Crippen molar-refractivity contribution in [2.75, 3.05) is 33.3 Å². The largest absolute Gasteiger partial charge is 0.480 e. The SMILES string of the molecule is CN1CCN(C(=O)CC(NC(=O)OCC2c3ccccc3-c3ccccc32)C(F)F)CC1C(=O)O. The number of nitrogens with zero attached hydrogens (tertiary/aromatic N) is 2. The number of rotatable bonds is 7. The number of hydrogen-bond acceptors (Lipinski definition) is 5. The first-order valence-electron chi connectivity index (χ1n) is 11.4. The number of alkyl carbamates (subject to hydrolysis) is 1. The van der Waals surface area contributed by atoms with Gasteiger partial charge in [0.2, 0.25) is 5.91 Å². The van der Waals surface area contributed by atoms with Crippen LogP contribution in [0.3, 0.4) is 0 Å². The predicted molar refractivity (Wildman–Crippen MR) is 123 cm³/mol. The Balaban J connectivity index is 1.36. The van der Waals surface area contributed by atoms with Crippen molar-refractivity contribution < 1.29 is 33.0 Å². The Bertz CT molecular complexity index is 1070. The van der Waals surface area contributed by atoms with Crippen LogP contribution < -0.4 is 5.32 Å². The fraction of sp³-hybridized carbons (Fsp3) is 0.400. The number of carboxylic acid groups (broad SMARTS) is 1. The van der Waals surface area contributed by atoms with E-state index in [0.29, 0.717) is 6.54 Å². The molecule has 1 fully saturated rings. The number of carboxylic acids is 1. The maximum atomic E-state index is 13.6. The lowest BCUT2D eigenvalue weighted by Gasteiger charge is -2.37. The molecule has 186 valence electrons. The van der Waals surface area contributed by atoms with Crippen molar-refractivity contribution in [3.63, 3.8) is 0 Å². The number of nitrogens with one attached hydrogen (secondary N) is 1. The summed E-state index contributed by atoms with van der Waals surface area (Å²) in [7, 11) is 1.63. The van der Waals surface area contributed by atoms with Gasteiger partial charge in [-0.05, 0) is 29.3 Å². The third-order valence-corrected chi connectivity index (χ3v) is 6.63. The Morgan fingerprint density at radius 1 is 1.06 bits per heavy atom. The van der Waals surface area contributed by atoms with E-state index in [1.54, 1.807) is 11.9 Å². The van der Waals surface area contributed by atoms with E-state index in [9.17, 15) is 28.3 Å². The van der Waals surface area contributed by atoms with Crippen molar-refractivity contribution in [2.24, 2.45) is 0 Å². The van der Waals surface area contributed by atoms with Crippen LogP contribution in [-0.2, 0) is 14.3 Å². The molecule has 2 aliphatic rings. The van der Waals surface area contributed by atoms with Gasteiger partial charge in [-0.15, -0.1) is 0 Å². The van der Waals surface area contributed by atoms with Gasteiger partial charge in [-0.1, -0.05) is 48.5 Å². The topological polar surface area (TPSA) is 99.2 Å². The van der Waals surface area contributed by atoms with Crippen molar-refractivity contribution in [2.45, 2.75) is 30.8 Å². The van der Waals surface area contributed by atoms with E-state index in [1.165, 1.54) is 4.90 Å². The van der Waals surface area contributed by atoms with E-state index in [0.717, 1.165) is 22.3 Å². The highest BCUT2D eigenvalue weighted by molar-refractivity contribution is 5.81. The molecule has 35 heavy (non-hydrogen) atoms. The summed E-state index contributed by atoms with van der Waals surface area (Å²) in [5.74, 6) is -1.96. The fourth-order valence-electron chi connectivity index (χ4n) is 4.68. The van der Waals surface area contributed by atoms with Crippen molar-refractivity contribution in [1.29, 1.82) is 0 Å². The van der Waals surface area contributed by atoms with Gasteiger partial charge in [0.25, 0.3) is 6.43 Å². The summed E-state index contributed by atoms with van der Waals surface area (Å²) in [6, 6.07) is 12.8. The Kier molecular flexibility index (Phi) is 7.30. The fourth-order valence-corrected chi connectivity index (χ4v) is 4.68. The van der Waals surface area contributed by atoms with Gasteiger partial charge >= 0.3 is 12.1 Å². The second kappa shape index (κ2) is 10.4. The van der Waals surface area contributed by atoms with Gasteiger partial charge in [-0.3, -0.25) is 14.5 Å². The number of halogens is 2. The van der Waals surface area contributed by atoms with Gasteiger partial charge in [0.1, 0.15) is 18.7 Å². The first-order chi connectivity index (χ1) is 16.8. The molecule has 8 nitrogen and oxygen atoms in total. The first kappa shape index (κ1) is 24.6. The van der Waals surface area contributed by atoms with Gasteiger partial charge in [0, 0.05) is 25.6 Å². The van der Waals surface area contributed by atoms with Gasteiger partial charge in [0.05, 0.1) is 6.42 Å². The van der Waals surface area contributed by atoms with Gasteiger partial charge in [-0.2, -0.15) is 0 Å². The number of carbonyl (C=O) groups excluding carboxylic acids is 2. The molecule has 0 aromatic heterocycles. The van der Waals surface area contributed by atoms with Crippen LogP contribution in [0.1, 0.15) is 23.5 Å². The number of piperazine rings is 1. The molecule has 0 spiro atoms. The van der Waals surface area contributed by atoms with E-state index >= 15 is 0 Å². The van der Waals surface area contributed by atoms with Crippen LogP contribution in [0.2, 0.25) is 0 Å². The smallest absolute Gasteiger partial charge is 0.407 e. The lowest BCUT2D eigenvalue weighted by molar-refractivity contribution is -0.148. The number of ether oxygens (including phenoxy) is 1. The molecule has 10 heteroatoms. The van der Waals surface area contributed by atoms with Crippen LogP contribution in [0.5, 0.6) is 0 Å². The second-order valence-corrected chi connectivity index (χ2v) is 8.79. The van der Waals surface area contributed by atoms with Gasteiger partial charge in [0.15, 0.2) is 0 Å². The third-order valence-electron chi connectivity index (χ3n) is 6.63. The quantitative estimate of drug-likeness (QED) is 0.623. The number of carbonyl (C=O) groups is 3. The molecule has 2 unspecified atom stereocenters. The summed E-state index contributed by atoms with van der Waals surface area (Å²) in [5, 5.41) is 11.4. The standard InChI is InChI=1S/C25H27F2N3O5/c1-29-10-11-30(13-21(29)24(32)33)22(31)12-20(23(26)27)28-25(34)35-14-19-17-8-4-2-6-15(17)16-7-3-5-9-18(16)19/h2-9,19-21,23H,10-14H2,1H3,(H,28,34)(H,32,33). The Labute approximate surface area is 201 Å². The summed E-state index contributed by atoms with van der Waals surface area (Å²) < 4.78 is 32.6. The molecular weight excluding hydrogens is 460 g/mol. The van der Waals surface area contributed by atoms with E-state index in [-0.39, 0.29) is 25.6 Å². The van der Waals surface area contributed by atoms with Crippen molar-refractivity contribution in [3.05, 3.63) is 59.7 Å². The molecule has 1 heterocycles. The lowest BCUT2D eigenvalue weighted by Crippen LogP contribution is -2.57. The van der Waals surface area contributed by atoms with Crippen molar-refractivity contribution in [1.82, 2.24) is 15.1 Å². The van der Waals surface area contributed by atoms with E-state index in [1.807, 2.05) is 48.5 Å². The molecule has 1 aliphatic heterocycles. The number of fused-ring (bicyclic) bond motifs is 3. The average molecular weight is 488 g/mol. The van der Waals surface area contributed by atoms with Crippen molar-refractivity contribution >= 4 is 18.0 Å². The Hall–Kier alpha value is -3.53. The van der Waals surface area contributed by atoms with Gasteiger partial charge in [-0.25, -0.2) is 13.6 Å². The van der Waals surface area contributed by atoms with Crippen molar-refractivity contribution in [3.8, 4) is 11.1 Å². The van der Waals surface area contributed by atoms with Gasteiger partial charge < -0.3 is 20.1 Å². The third kappa shape index (κ3) is 5.27. The first-order valence-corrected chi connectivity index (χ1v) is 11.4. The number of hydrogen-bond donors (Lipinski definition) is 2. The minimum Gasteiger partial charge on any atom is -0.480 e. The van der Waals surface area contributed by atoms with Crippen LogP contribution in [0.15, 0.2) is 48.5 Å². The van der Waals surface area contributed by atoms with Crippen LogP contribution in [0.4, 0.5) is 13.6 Å². The molecule has 1 aliphatic carbocycles. The number of alkyl halides is 2. The van der Waals surface area contributed by atoms with Crippen LogP contribution in [0.25, 0.3) is 11.1 Å². The number of benzene rings is 2. The molecule has 4 rings (SSSR count). The molecule has 2 atom stereocenters. The van der Waals surface area contributed by atoms with Crippen LogP contribution in [-0.4, -0.2) is 84.7 Å². The normalized spacial score (nSPS) is 18.6. The molecule has 1 saturated heterocycles. The highest BCUT2D eigenvalue weighted by atomic mass is 19.3. The summed E-state index contributed by atoms with van der Waals surface area (Å²) in [5.41, 5.74) is 4.07. The molecule has 0 bridgehead atoms. The van der Waals surface area contributed by atoms with E-state index < -0.39 is 42.9 Å². The zero-order valence-corrected chi connectivity index (χ0v) is 19.2. The molecule has 2 aromatic carbocycles. The molecule has 2 aromatic rings. The predicted octanol–water partition coefficient (Wildman–Crippen LogP) is 2.78. The Morgan fingerprint density at radius 3 is 2.23 bits per heavy atom. The number of aliphatic carboxylic acids is 1. The summed E-state index contributed by atoms with van der Waals surface area (Å²) in [6.07, 6.45) is -4.69. The maximum absolute atomic E-state index is 13.6. The lowest BCUT2D eigenvalue weighted by atomic mass is 9.98. The number of likely N-dealkylation sites (N-methyl/N-ethyl adjacent to an activating group) is 1. The highest BCUT2D eigenvalue weighted by Crippen LogP contribution is 2.44. The monoisotopic (exact) mass is 487 g/mol. The zero-order chi connectivity index (χ0) is 25.1. The molecule has 0 saturated carbocycles. The summed E-state index contributed by atoms with van der Waals surface area (Å²) in [4.78, 5) is 39.2. The molecule has 0 radical (unpaired) electrons. The summed E-state index contributed by atoms with van der Waals surface area (Å²) in [6.45, 7) is 0.385. The van der Waals surface area contributed by atoms with E-state index in [2.05, 4.69) is 5.32 Å². The minimum absolute atomic E-state index is 0.0392. The van der Waals surface area contributed by atoms with Crippen LogP contribution in [0, 0.1) is 0 Å². The van der Waals surface area contributed by atoms with Crippen LogP contribution >= 0.6 is 0 Å².